The van der Waals surface area contributed by atoms with Crippen molar-refractivity contribution in [2.45, 2.75) is 51.9 Å². The maximum atomic E-state index is 12.3. The lowest BCUT2D eigenvalue weighted by atomic mass is 10.1. The Morgan fingerprint density at radius 1 is 1.10 bits per heavy atom. The lowest BCUT2D eigenvalue weighted by Gasteiger charge is -2.38. The van der Waals surface area contributed by atoms with E-state index in [0.29, 0.717) is 19.2 Å². The van der Waals surface area contributed by atoms with Gasteiger partial charge >= 0.3 is 6.09 Å². The van der Waals surface area contributed by atoms with E-state index in [1.807, 2.05) is 32.8 Å². The number of hydrogen-bond acceptors (Lipinski definition) is 5. The summed E-state index contributed by atoms with van der Waals surface area (Å²) in [5.74, 6) is 0. The minimum Gasteiger partial charge on any atom is -0.444 e. The fourth-order valence-corrected chi connectivity index (χ4v) is 4.40. The van der Waals surface area contributed by atoms with Gasteiger partial charge in [0.15, 0.2) is 0 Å². The van der Waals surface area contributed by atoms with Crippen LogP contribution in [0, 0.1) is 0 Å². The predicted molar refractivity (Wildman–Crippen MR) is 119 cm³/mol. The first-order chi connectivity index (χ1) is 13.7. The van der Waals surface area contributed by atoms with Crippen molar-refractivity contribution in [1.82, 2.24) is 9.80 Å². The highest BCUT2D eigenvalue weighted by molar-refractivity contribution is 9.10. The van der Waals surface area contributed by atoms with Gasteiger partial charge in [0.1, 0.15) is 5.60 Å². The Morgan fingerprint density at radius 2 is 1.76 bits per heavy atom. The second-order valence-corrected chi connectivity index (χ2v) is 9.85. The third-order valence-electron chi connectivity index (χ3n) is 5.58. The van der Waals surface area contributed by atoms with E-state index in [1.54, 1.807) is 0 Å². The fourth-order valence-electron chi connectivity index (χ4n) is 3.99. The van der Waals surface area contributed by atoms with Gasteiger partial charge in [-0.1, -0.05) is 15.9 Å². The van der Waals surface area contributed by atoms with E-state index in [9.17, 15) is 4.79 Å². The number of rotatable bonds is 4. The highest BCUT2D eigenvalue weighted by atomic mass is 79.9. The monoisotopic (exact) mass is 467 g/mol. The summed E-state index contributed by atoms with van der Waals surface area (Å²) in [5, 5.41) is 0. The number of halogens is 1. The zero-order chi connectivity index (χ0) is 21.0. The van der Waals surface area contributed by atoms with Crippen LogP contribution in [0.3, 0.4) is 0 Å². The lowest BCUT2D eigenvalue weighted by Crippen LogP contribution is -2.50. The number of likely N-dealkylation sites (tertiary alicyclic amines) is 1. The van der Waals surface area contributed by atoms with E-state index >= 15 is 0 Å². The number of piperidine rings is 1. The van der Waals surface area contributed by atoms with Crippen LogP contribution >= 0.6 is 15.9 Å². The number of piperazine rings is 1. The van der Waals surface area contributed by atoms with Crippen molar-refractivity contribution < 1.29 is 14.3 Å². The summed E-state index contributed by atoms with van der Waals surface area (Å²) >= 11 is 3.64. The van der Waals surface area contributed by atoms with E-state index in [2.05, 4.69) is 43.9 Å². The van der Waals surface area contributed by atoms with E-state index in [-0.39, 0.29) is 6.09 Å². The van der Waals surface area contributed by atoms with Gasteiger partial charge in [-0.3, -0.25) is 4.90 Å². The van der Waals surface area contributed by atoms with Crippen molar-refractivity contribution in [1.29, 1.82) is 0 Å². The molecular formula is C22H34BrN3O3. The van der Waals surface area contributed by atoms with Crippen LogP contribution in [0.4, 0.5) is 10.5 Å². The summed E-state index contributed by atoms with van der Waals surface area (Å²) in [7, 11) is 1.81. The van der Waals surface area contributed by atoms with Gasteiger partial charge in [-0.05, 0) is 57.4 Å². The van der Waals surface area contributed by atoms with Crippen molar-refractivity contribution in [2.75, 3.05) is 51.3 Å². The van der Waals surface area contributed by atoms with E-state index < -0.39 is 5.60 Å². The highest BCUT2D eigenvalue weighted by Crippen LogP contribution is 2.28. The molecule has 162 valence electrons. The molecule has 1 aromatic carbocycles. The third kappa shape index (κ3) is 6.33. The van der Waals surface area contributed by atoms with Gasteiger partial charge in [-0.2, -0.15) is 0 Å². The molecule has 2 saturated heterocycles. The van der Waals surface area contributed by atoms with Crippen molar-refractivity contribution in [3.05, 3.63) is 28.2 Å². The topological polar surface area (TPSA) is 45.2 Å². The Balaban J connectivity index is 1.62. The molecule has 0 saturated carbocycles. The first kappa shape index (κ1) is 22.4. The van der Waals surface area contributed by atoms with Crippen LogP contribution in [0.15, 0.2) is 22.7 Å². The van der Waals surface area contributed by atoms with Crippen LogP contribution in [0.1, 0.15) is 39.2 Å². The van der Waals surface area contributed by atoms with Gasteiger partial charge in [0, 0.05) is 63.1 Å². The van der Waals surface area contributed by atoms with E-state index in [4.69, 9.17) is 9.47 Å². The number of carbonyl (C=O) groups excluding carboxylic acids is 1. The van der Waals surface area contributed by atoms with Crippen molar-refractivity contribution >= 4 is 27.7 Å². The molecule has 0 atom stereocenters. The largest absolute Gasteiger partial charge is 0.444 e. The molecule has 1 aromatic rings. The first-order valence-electron chi connectivity index (χ1n) is 10.5. The van der Waals surface area contributed by atoms with Crippen LogP contribution in [0.5, 0.6) is 0 Å². The van der Waals surface area contributed by atoms with Gasteiger partial charge < -0.3 is 19.3 Å². The molecule has 2 aliphatic heterocycles. The van der Waals surface area contributed by atoms with Crippen molar-refractivity contribution in [3.8, 4) is 0 Å². The molecule has 7 heteroatoms. The Morgan fingerprint density at radius 3 is 2.34 bits per heavy atom. The Bertz CT molecular complexity index is 691. The number of ether oxygens (including phenoxy) is 2. The summed E-state index contributed by atoms with van der Waals surface area (Å²) in [5.41, 5.74) is 2.15. The van der Waals surface area contributed by atoms with E-state index in [1.165, 1.54) is 11.3 Å². The molecule has 29 heavy (non-hydrogen) atoms. The quantitative estimate of drug-likeness (QED) is 0.666. The molecular weight excluding hydrogens is 434 g/mol. The van der Waals surface area contributed by atoms with E-state index in [0.717, 1.165) is 50.0 Å². The van der Waals surface area contributed by atoms with Crippen LogP contribution in [0.25, 0.3) is 0 Å². The molecule has 0 unspecified atom stereocenters. The van der Waals surface area contributed by atoms with Gasteiger partial charge in [0.05, 0.1) is 6.10 Å². The SMILES string of the molecule is COC1CCN(Cc2cc(Br)ccc2N2CCN(C(=O)OC(C)(C)C)CC2)CC1. The third-order valence-corrected chi connectivity index (χ3v) is 6.07. The Hall–Kier alpha value is -1.31. The molecule has 3 rings (SSSR count). The zero-order valence-electron chi connectivity index (χ0n) is 18.1. The Kier molecular flexibility index (Phi) is 7.46. The number of benzene rings is 1. The first-order valence-corrected chi connectivity index (χ1v) is 11.3. The average molecular weight is 468 g/mol. The molecule has 0 N–H and O–H groups in total. The van der Waals surface area contributed by atoms with Crippen LogP contribution in [-0.2, 0) is 16.0 Å². The molecule has 0 aromatic heterocycles. The highest BCUT2D eigenvalue weighted by Gasteiger charge is 2.27. The van der Waals surface area contributed by atoms with Gasteiger partial charge in [-0.15, -0.1) is 0 Å². The van der Waals surface area contributed by atoms with Crippen molar-refractivity contribution in [2.24, 2.45) is 0 Å². The molecule has 2 fully saturated rings. The number of amides is 1. The number of carbonyl (C=O) groups is 1. The summed E-state index contributed by atoms with van der Waals surface area (Å²) in [6.45, 7) is 11.8. The minimum absolute atomic E-state index is 0.214. The minimum atomic E-state index is -0.455. The number of nitrogens with zero attached hydrogens (tertiary/aromatic N) is 3. The number of methoxy groups -OCH3 is 1. The fraction of sp³-hybridized carbons (Fsp3) is 0.682. The zero-order valence-corrected chi connectivity index (χ0v) is 19.7. The molecule has 0 aliphatic carbocycles. The van der Waals surface area contributed by atoms with Crippen LogP contribution in [-0.4, -0.2) is 74.0 Å². The number of anilines is 1. The molecule has 6 nitrogen and oxygen atoms in total. The van der Waals surface area contributed by atoms with Crippen molar-refractivity contribution in [3.63, 3.8) is 0 Å². The lowest BCUT2D eigenvalue weighted by molar-refractivity contribution is 0.0240. The summed E-state index contributed by atoms with van der Waals surface area (Å²) in [6.07, 6.45) is 2.37. The normalized spacial score (nSPS) is 19.5. The summed E-state index contributed by atoms with van der Waals surface area (Å²) < 4.78 is 12.1. The number of hydrogen-bond donors (Lipinski definition) is 0. The molecule has 1 amide bonds. The smallest absolute Gasteiger partial charge is 0.410 e. The van der Waals surface area contributed by atoms with Gasteiger partial charge in [-0.25, -0.2) is 4.79 Å². The average Bonchev–Trinajstić information content (AvgIpc) is 2.68. The molecule has 0 radical (unpaired) electrons. The molecule has 2 aliphatic rings. The molecule has 0 spiro atoms. The van der Waals surface area contributed by atoms with Crippen LogP contribution < -0.4 is 4.90 Å². The maximum absolute atomic E-state index is 12.3. The molecule has 0 bridgehead atoms. The second-order valence-electron chi connectivity index (χ2n) is 8.94. The Labute approximate surface area is 183 Å². The predicted octanol–water partition coefficient (Wildman–Crippen LogP) is 4.12. The molecule has 2 heterocycles. The summed E-state index contributed by atoms with van der Waals surface area (Å²) in [6, 6.07) is 6.54. The second kappa shape index (κ2) is 9.67. The van der Waals surface area contributed by atoms with Crippen LogP contribution in [0.2, 0.25) is 0 Å². The van der Waals surface area contributed by atoms with Gasteiger partial charge in [0.2, 0.25) is 0 Å². The maximum Gasteiger partial charge on any atom is 0.410 e. The van der Waals surface area contributed by atoms with Gasteiger partial charge in [0.25, 0.3) is 0 Å². The standard InChI is InChI=1S/C22H34BrN3O3/c1-22(2,3)29-21(27)26-13-11-25(12-14-26)20-6-5-18(23)15-17(20)16-24-9-7-19(28-4)8-10-24/h5-6,15,19H,7-14,16H2,1-4H3. The summed E-state index contributed by atoms with van der Waals surface area (Å²) in [4.78, 5) is 19.1.